The zero-order valence-electron chi connectivity index (χ0n) is 21.5. The topological polar surface area (TPSA) is 62.4 Å². The molecule has 188 valence electrons. The van der Waals surface area contributed by atoms with E-state index in [1.807, 2.05) is 0 Å². The number of carbonyl (C=O) groups is 2. The fraction of sp³-hybridized carbons (Fsp3) is 0.312. The SMILES string of the molecule is COC1=c2c(C(=O)C(=O)N3CCC(=C4c5ccccc5CCc5ccccc54)CC3)c[nH]c2=C(C)CC1. The minimum atomic E-state index is -0.456. The van der Waals surface area contributed by atoms with Crippen LogP contribution in [0.2, 0.25) is 0 Å². The van der Waals surface area contributed by atoms with E-state index in [4.69, 9.17) is 4.74 Å². The summed E-state index contributed by atoms with van der Waals surface area (Å²) in [5.74, 6) is -0.108. The van der Waals surface area contributed by atoms with Crippen LogP contribution in [0.3, 0.4) is 0 Å². The van der Waals surface area contributed by atoms with Gasteiger partial charge in [0, 0.05) is 36.3 Å². The molecule has 0 radical (unpaired) electrons. The van der Waals surface area contributed by atoms with Crippen LogP contribution >= 0.6 is 0 Å². The number of aromatic amines is 1. The number of nitrogens with zero attached hydrogens (tertiary/aromatic N) is 1. The number of piperidine rings is 1. The second-order valence-corrected chi connectivity index (χ2v) is 10.3. The normalized spacial score (nSPS) is 17.1. The predicted molar refractivity (Wildman–Crippen MR) is 145 cm³/mol. The summed E-state index contributed by atoms with van der Waals surface area (Å²) in [5.41, 5.74) is 9.68. The molecule has 0 saturated carbocycles. The first kappa shape index (κ1) is 23.5. The molecule has 1 amide bonds. The molecule has 2 aliphatic carbocycles. The number of rotatable bonds is 3. The number of ketones is 1. The van der Waals surface area contributed by atoms with E-state index in [0.717, 1.165) is 54.9 Å². The van der Waals surface area contributed by atoms with Gasteiger partial charge in [-0.05, 0) is 72.4 Å². The number of hydrogen-bond acceptors (Lipinski definition) is 3. The maximum Gasteiger partial charge on any atom is 0.295 e. The van der Waals surface area contributed by atoms with Gasteiger partial charge in [-0.15, -0.1) is 0 Å². The quantitative estimate of drug-likeness (QED) is 0.442. The molecular formula is C32H32N2O3. The summed E-state index contributed by atoms with van der Waals surface area (Å²) in [4.78, 5) is 31.7. The van der Waals surface area contributed by atoms with Gasteiger partial charge in [0.25, 0.3) is 11.7 Å². The van der Waals surface area contributed by atoms with Crippen molar-refractivity contribution in [3.8, 4) is 0 Å². The molecule has 5 nitrogen and oxygen atoms in total. The highest BCUT2D eigenvalue weighted by Crippen LogP contribution is 2.38. The Bertz CT molecular complexity index is 1510. The van der Waals surface area contributed by atoms with E-state index in [-0.39, 0.29) is 0 Å². The molecule has 2 aromatic carbocycles. The van der Waals surface area contributed by atoms with Gasteiger partial charge in [0.2, 0.25) is 0 Å². The molecule has 0 atom stereocenters. The number of likely N-dealkylation sites (tertiary alicyclic amines) is 1. The summed E-state index contributed by atoms with van der Waals surface area (Å²) in [6.45, 7) is 3.15. The number of benzene rings is 2. The van der Waals surface area contributed by atoms with Crippen LogP contribution in [-0.2, 0) is 22.4 Å². The number of ether oxygens (including phenoxy) is 1. The van der Waals surface area contributed by atoms with Crippen molar-refractivity contribution in [2.45, 2.75) is 45.4 Å². The van der Waals surface area contributed by atoms with E-state index < -0.39 is 11.7 Å². The lowest BCUT2D eigenvalue weighted by Gasteiger charge is -2.30. The van der Waals surface area contributed by atoms with Crippen LogP contribution in [-0.4, -0.2) is 41.8 Å². The van der Waals surface area contributed by atoms with Gasteiger partial charge in [-0.1, -0.05) is 54.1 Å². The fourth-order valence-electron chi connectivity index (χ4n) is 6.23. The van der Waals surface area contributed by atoms with Crippen molar-refractivity contribution in [2.24, 2.45) is 0 Å². The number of nitrogens with one attached hydrogen (secondary N) is 1. The smallest absolute Gasteiger partial charge is 0.295 e. The highest BCUT2D eigenvalue weighted by molar-refractivity contribution is 6.42. The molecule has 1 aromatic heterocycles. The Balaban J connectivity index is 1.30. The Morgan fingerprint density at radius 3 is 2.08 bits per heavy atom. The lowest BCUT2D eigenvalue weighted by Crippen LogP contribution is -2.43. The van der Waals surface area contributed by atoms with Crippen molar-refractivity contribution in [1.82, 2.24) is 9.88 Å². The number of Topliss-reactive ketones (excluding diaryl/α,β-unsaturated/α-hetero) is 1. The molecule has 3 aliphatic rings. The summed E-state index contributed by atoms with van der Waals surface area (Å²) < 4.78 is 5.59. The molecular weight excluding hydrogens is 460 g/mol. The monoisotopic (exact) mass is 492 g/mol. The van der Waals surface area contributed by atoms with Gasteiger partial charge in [0.15, 0.2) is 0 Å². The van der Waals surface area contributed by atoms with E-state index in [1.165, 1.54) is 39.0 Å². The van der Waals surface area contributed by atoms with E-state index in [9.17, 15) is 9.59 Å². The summed E-state index contributed by atoms with van der Waals surface area (Å²) in [7, 11) is 1.63. The maximum atomic E-state index is 13.4. The standard InChI is InChI=1S/C32H32N2O3/c1-20-11-14-27(37-2)29-26(19-33-30(20)29)31(35)32(36)34-17-15-23(16-18-34)28-24-9-5-3-7-21(24)12-13-22-8-4-6-10-25(22)28/h3-10,19,33H,11-18H2,1-2H3. The second-order valence-electron chi connectivity index (χ2n) is 10.3. The zero-order chi connectivity index (χ0) is 25.5. The summed E-state index contributed by atoms with van der Waals surface area (Å²) in [6.07, 6.45) is 6.90. The highest BCUT2D eigenvalue weighted by atomic mass is 16.5. The van der Waals surface area contributed by atoms with Crippen LogP contribution in [0.15, 0.2) is 60.3 Å². The van der Waals surface area contributed by atoms with E-state index >= 15 is 0 Å². The molecule has 2 heterocycles. The van der Waals surface area contributed by atoms with Crippen LogP contribution in [0.4, 0.5) is 0 Å². The summed E-state index contributed by atoms with van der Waals surface area (Å²) in [5, 5.41) is 1.67. The molecule has 0 unspecified atom stereocenters. The van der Waals surface area contributed by atoms with E-state index in [2.05, 4.69) is 60.4 Å². The lowest BCUT2D eigenvalue weighted by atomic mass is 9.86. The number of fused-ring (bicyclic) bond motifs is 3. The highest BCUT2D eigenvalue weighted by Gasteiger charge is 2.30. The first-order valence-electron chi connectivity index (χ1n) is 13.2. The molecule has 0 bridgehead atoms. The van der Waals surface area contributed by atoms with Crippen molar-refractivity contribution in [2.75, 3.05) is 20.2 Å². The number of aryl methyl sites for hydroxylation is 2. The van der Waals surface area contributed by atoms with Gasteiger partial charge in [0.1, 0.15) is 5.76 Å². The Labute approximate surface area is 217 Å². The molecule has 0 spiro atoms. The third-order valence-corrected chi connectivity index (χ3v) is 8.24. The molecule has 6 rings (SSSR count). The molecule has 3 aromatic rings. The van der Waals surface area contributed by atoms with Crippen molar-refractivity contribution in [3.05, 3.63) is 98.7 Å². The van der Waals surface area contributed by atoms with Crippen molar-refractivity contribution in [3.63, 3.8) is 0 Å². The van der Waals surface area contributed by atoms with Gasteiger partial charge in [0.05, 0.1) is 12.7 Å². The maximum absolute atomic E-state index is 13.4. The van der Waals surface area contributed by atoms with Crippen molar-refractivity contribution >= 4 is 28.6 Å². The zero-order valence-corrected chi connectivity index (χ0v) is 21.5. The van der Waals surface area contributed by atoms with Crippen LogP contribution in [0.5, 0.6) is 0 Å². The lowest BCUT2D eigenvalue weighted by molar-refractivity contribution is -0.126. The van der Waals surface area contributed by atoms with Gasteiger partial charge in [-0.3, -0.25) is 9.59 Å². The average Bonchev–Trinajstić information content (AvgIpc) is 3.32. The number of aromatic nitrogens is 1. The first-order valence-corrected chi connectivity index (χ1v) is 13.2. The first-order chi connectivity index (χ1) is 18.1. The largest absolute Gasteiger partial charge is 0.500 e. The number of amides is 1. The van der Waals surface area contributed by atoms with E-state index in [1.54, 1.807) is 18.2 Å². The van der Waals surface area contributed by atoms with Crippen LogP contribution in [0, 0.1) is 0 Å². The Morgan fingerprint density at radius 1 is 0.838 bits per heavy atom. The van der Waals surface area contributed by atoms with Gasteiger partial charge in [-0.2, -0.15) is 0 Å². The number of methoxy groups -OCH3 is 1. The van der Waals surface area contributed by atoms with Crippen LogP contribution in [0.25, 0.3) is 16.9 Å². The van der Waals surface area contributed by atoms with Crippen molar-refractivity contribution < 1.29 is 14.3 Å². The predicted octanol–water partition coefficient (Wildman–Crippen LogP) is 4.14. The van der Waals surface area contributed by atoms with Crippen LogP contribution in [0.1, 0.15) is 65.2 Å². The minimum absolute atomic E-state index is 0.423. The summed E-state index contributed by atoms with van der Waals surface area (Å²) >= 11 is 0. The summed E-state index contributed by atoms with van der Waals surface area (Å²) in [6, 6.07) is 17.4. The Hall–Kier alpha value is -3.86. The van der Waals surface area contributed by atoms with Gasteiger partial charge in [-0.25, -0.2) is 0 Å². The number of H-pyrrole nitrogens is 1. The molecule has 1 saturated heterocycles. The molecule has 1 aliphatic heterocycles. The van der Waals surface area contributed by atoms with Gasteiger partial charge < -0.3 is 14.6 Å². The van der Waals surface area contributed by atoms with Gasteiger partial charge >= 0.3 is 0 Å². The fourth-order valence-corrected chi connectivity index (χ4v) is 6.23. The van der Waals surface area contributed by atoms with E-state index in [0.29, 0.717) is 18.7 Å². The minimum Gasteiger partial charge on any atom is -0.500 e. The molecule has 37 heavy (non-hydrogen) atoms. The third kappa shape index (κ3) is 4.03. The second kappa shape index (κ2) is 9.55. The molecule has 1 N–H and O–H groups in total. The Morgan fingerprint density at radius 2 is 1.46 bits per heavy atom. The van der Waals surface area contributed by atoms with Crippen LogP contribution < -0.4 is 10.6 Å². The molecule has 5 heteroatoms. The Kier molecular flexibility index (Phi) is 6.07. The molecule has 1 fully saturated rings. The third-order valence-electron chi connectivity index (χ3n) is 8.24. The number of hydrogen-bond donors (Lipinski definition) is 1. The average molecular weight is 493 g/mol. The van der Waals surface area contributed by atoms with Crippen molar-refractivity contribution in [1.29, 1.82) is 0 Å². The number of carbonyl (C=O) groups excluding carboxylic acids is 2.